The SMILES string of the molecule is Cc1ccsc1-c1cc(-c2ccc(Cl)cc2)n(NS(=O)(=O)c2ccccc2)n1. The average Bonchev–Trinajstić information content (AvgIpc) is 3.29. The van der Waals surface area contributed by atoms with Crippen molar-refractivity contribution in [2.75, 3.05) is 4.83 Å². The predicted molar refractivity (Wildman–Crippen MR) is 114 cm³/mol. The highest BCUT2D eigenvalue weighted by molar-refractivity contribution is 7.92. The van der Waals surface area contributed by atoms with Gasteiger partial charge in [0.05, 0.1) is 15.5 Å². The summed E-state index contributed by atoms with van der Waals surface area (Å²) in [6, 6.07) is 19.3. The van der Waals surface area contributed by atoms with E-state index in [0.717, 1.165) is 16.0 Å². The number of hydrogen-bond acceptors (Lipinski definition) is 4. The molecule has 0 unspecified atom stereocenters. The summed E-state index contributed by atoms with van der Waals surface area (Å²) in [6.07, 6.45) is 0. The Kier molecular flexibility index (Phi) is 4.97. The molecule has 2 aromatic heterocycles. The van der Waals surface area contributed by atoms with E-state index in [0.29, 0.717) is 16.4 Å². The second kappa shape index (κ2) is 7.43. The number of hydrogen-bond donors (Lipinski definition) is 1. The zero-order valence-electron chi connectivity index (χ0n) is 14.8. The van der Waals surface area contributed by atoms with Gasteiger partial charge in [-0.05, 0) is 54.3 Å². The van der Waals surface area contributed by atoms with Crippen molar-refractivity contribution in [3.63, 3.8) is 0 Å². The van der Waals surface area contributed by atoms with Gasteiger partial charge in [0.2, 0.25) is 0 Å². The van der Waals surface area contributed by atoms with Gasteiger partial charge in [-0.3, -0.25) is 0 Å². The van der Waals surface area contributed by atoms with Gasteiger partial charge in [0.1, 0.15) is 5.69 Å². The predicted octanol–water partition coefficient (Wildman–Crippen LogP) is 5.17. The number of halogens is 1. The van der Waals surface area contributed by atoms with Crippen molar-refractivity contribution in [1.29, 1.82) is 0 Å². The van der Waals surface area contributed by atoms with E-state index in [1.807, 2.05) is 36.6 Å². The number of thiophene rings is 1. The molecule has 2 aromatic carbocycles. The Hall–Kier alpha value is -2.61. The van der Waals surface area contributed by atoms with Crippen LogP contribution in [0.15, 0.2) is 77.0 Å². The van der Waals surface area contributed by atoms with Crippen LogP contribution in [0.2, 0.25) is 5.02 Å². The number of sulfonamides is 1. The largest absolute Gasteiger partial charge is 0.276 e. The molecule has 4 aromatic rings. The monoisotopic (exact) mass is 429 g/mol. The van der Waals surface area contributed by atoms with E-state index in [1.54, 1.807) is 41.7 Å². The van der Waals surface area contributed by atoms with E-state index in [4.69, 9.17) is 11.6 Å². The molecule has 28 heavy (non-hydrogen) atoms. The number of benzene rings is 2. The van der Waals surface area contributed by atoms with Gasteiger partial charge in [0.25, 0.3) is 10.0 Å². The fourth-order valence-corrected chi connectivity index (χ4v) is 4.79. The average molecular weight is 430 g/mol. The van der Waals surface area contributed by atoms with Crippen LogP contribution in [0.4, 0.5) is 0 Å². The molecule has 5 nitrogen and oxygen atoms in total. The van der Waals surface area contributed by atoms with Crippen molar-refractivity contribution in [3.05, 3.63) is 82.7 Å². The third-order valence-electron chi connectivity index (χ3n) is 4.20. The van der Waals surface area contributed by atoms with E-state index in [9.17, 15) is 8.42 Å². The smallest absolute Gasteiger partial charge is 0.200 e. The van der Waals surface area contributed by atoms with E-state index in [-0.39, 0.29) is 4.90 Å². The van der Waals surface area contributed by atoms with Crippen LogP contribution in [-0.2, 0) is 10.0 Å². The van der Waals surface area contributed by atoms with Gasteiger partial charge >= 0.3 is 0 Å². The Bertz CT molecular complexity index is 1210. The van der Waals surface area contributed by atoms with Crippen LogP contribution in [0.3, 0.4) is 0 Å². The maximum atomic E-state index is 12.8. The molecule has 4 rings (SSSR count). The minimum absolute atomic E-state index is 0.168. The second-order valence-corrected chi connectivity index (χ2v) is 9.19. The van der Waals surface area contributed by atoms with Crippen molar-refractivity contribution in [2.24, 2.45) is 0 Å². The molecule has 0 aliphatic heterocycles. The number of aryl methyl sites for hydroxylation is 1. The van der Waals surface area contributed by atoms with Crippen molar-refractivity contribution < 1.29 is 8.42 Å². The fourth-order valence-electron chi connectivity index (χ4n) is 2.79. The molecule has 0 saturated carbocycles. The molecule has 1 N–H and O–H groups in total. The molecule has 0 spiro atoms. The maximum absolute atomic E-state index is 12.8. The van der Waals surface area contributed by atoms with Crippen LogP contribution in [0.1, 0.15) is 5.56 Å². The highest BCUT2D eigenvalue weighted by atomic mass is 35.5. The number of nitrogens with one attached hydrogen (secondary N) is 1. The summed E-state index contributed by atoms with van der Waals surface area (Å²) in [7, 11) is -3.79. The summed E-state index contributed by atoms with van der Waals surface area (Å²) in [4.78, 5) is 5.03. The van der Waals surface area contributed by atoms with Crippen molar-refractivity contribution in [3.8, 4) is 21.8 Å². The Labute approximate surface area is 172 Å². The Morgan fingerprint density at radius 2 is 1.75 bits per heavy atom. The van der Waals surface area contributed by atoms with Gasteiger partial charge in [0, 0.05) is 10.6 Å². The van der Waals surface area contributed by atoms with E-state index in [2.05, 4.69) is 9.93 Å². The number of aromatic nitrogens is 2. The molecule has 0 bridgehead atoms. The summed E-state index contributed by atoms with van der Waals surface area (Å²) in [5, 5.41) is 7.12. The zero-order valence-corrected chi connectivity index (χ0v) is 17.2. The lowest BCUT2D eigenvalue weighted by Crippen LogP contribution is -2.25. The number of rotatable bonds is 5. The van der Waals surface area contributed by atoms with Crippen LogP contribution >= 0.6 is 22.9 Å². The third kappa shape index (κ3) is 3.69. The molecule has 0 fully saturated rings. The third-order valence-corrected chi connectivity index (χ3v) is 6.80. The molecular weight excluding hydrogens is 414 g/mol. The lowest BCUT2D eigenvalue weighted by molar-refractivity contribution is 0.592. The highest BCUT2D eigenvalue weighted by Crippen LogP contribution is 2.32. The summed E-state index contributed by atoms with van der Waals surface area (Å²) in [6.45, 7) is 2.00. The van der Waals surface area contributed by atoms with E-state index in [1.165, 1.54) is 16.9 Å². The first-order valence-electron chi connectivity index (χ1n) is 8.42. The van der Waals surface area contributed by atoms with Gasteiger partial charge in [-0.2, -0.15) is 23.1 Å². The van der Waals surface area contributed by atoms with Crippen molar-refractivity contribution in [2.45, 2.75) is 11.8 Å². The topological polar surface area (TPSA) is 64.0 Å². The zero-order chi connectivity index (χ0) is 19.7. The van der Waals surface area contributed by atoms with Crippen LogP contribution in [-0.4, -0.2) is 18.3 Å². The molecule has 142 valence electrons. The molecule has 2 heterocycles. The minimum Gasteiger partial charge on any atom is -0.200 e. The van der Waals surface area contributed by atoms with Gasteiger partial charge in [-0.15, -0.1) is 11.3 Å². The Morgan fingerprint density at radius 3 is 2.39 bits per heavy atom. The number of nitrogens with zero attached hydrogens (tertiary/aromatic N) is 2. The van der Waals surface area contributed by atoms with Crippen LogP contribution in [0.5, 0.6) is 0 Å². The minimum atomic E-state index is -3.79. The normalized spacial score (nSPS) is 11.5. The molecule has 8 heteroatoms. The summed E-state index contributed by atoms with van der Waals surface area (Å²) in [5.41, 5.74) is 3.21. The van der Waals surface area contributed by atoms with Gasteiger partial charge < -0.3 is 0 Å². The van der Waals surface area contributed by atoms with Crippen LogP contribution < -0.4 is 4.83 Å². The van der Waals surface area contributed by atoms with Crippen LogP contribution in [0, 0.1) is 6.92 Å². The first kappa shape index (κ1) is 18.7. The quantitative estimate of drug-likeness (QED) is 0.475. The summed E-state index contributed by atoms with van der Waals surface area (Å²) >= 11 is 7.56. The second-order valence-electron chi connectivity index (χ2n) is 6.17. The summed E-state index contributed by atoms with van der Waals surface area (Å²) < 4.78 is 25.6. The van der Waals surface area contributed by atoms with E-state index < -0.39 is 10.0 Å². The van der Waals surface area contributed by atoms with Gasteiger partial charge in [-0.25, -0.2) is 0 Å². The lowest BCUT2D eigenvalue weighted by atomic mass is 10.1. The van der Waals surface area contributed by atoms with Crippen LogP contribution in [0.25, 0.3) is 21.8 Å². The van der Waals surface area contributed by atoms with Crippen molar-refractivity contribution in [1.82, 2.24) is 9.89 Å². The van der Waals surface area contributed by atoms with E-state index >= 15 is 0 Å². The molecular formula is C20H16ClN3O2S2. The summed E-state index contributed by atoms with van der Waals surface area (Å²) in [5.74, 6) is 0. The molecule has 0 radical (unpaired) electrons. The standard InChI is InChI=1S/C20H16ClN3O2S2/c1-14-11-12-27-20(14)18-13-19(15-7-9-16(21)10-8-15)24(22-18)23-28(25,26)17-5-3-2-4-6-17/h2-13,23H,1H3. The lowest BCUT2D eigenvalue weighted by Gasteiger charge is -2.11. The molecule has 0 atom stereocenters. The van der Waals surface area contributed by atoms with Gasteiger partial charge in [0.15, 0.2) is 0 Å². The molecule has 0 amide bonds. The highest BCUT2D eigenvalue weighted by Gasteiger charge is 2.19. The first-order chi connectivity index (χ1) is 13.4. The first-order valence-corrected chi connectivity index (χ1v) is 11.2. The molecule has 0 aliphatic carbocycles. The Morgan fingerprint density at radius 1 is 1.04 bits per heavy atom. The fraction of sp³-hybridized carbons (Fsp3) is 0.0500. The molecule has 0 aliphatic rings. The van der Waals surface area contributed by atoms with Gasteiger partial charge in [-0.1, -0.05) is 41.9 Å². The van der Waals surface area contributed by atoms with Crippen molar-refractivity contribution >= 4 is 33.0 Å². The maximum Gasteiger partial charge on any atom is 0.276 e. The molecule has 0 saturated heterocycles. The Balaban J connectivity index is 1.82.